The van der Waals surface area contributed by atoms with E-state index in [-0.39, 0.29) is 5.97 Å². The summed E-state index contributed by atoms with van der Waals surface area (Å²) in [7, 11) is -9.41. The molecule has 0 atom stereocenters. The normalized spacial score (nSPS) is 13.3. The van der Waals surface area contributed by atoms with Crippen LogP contribution in [-0.4, -0.2) is 46.3 Å². The summed E-state index contributed by atoms with van der Waals surface area (Å²) in [4.78, 5) is 11.7. The Hall–Kier alpha value is -0.822. The Labute approximate surface area is 195 Å². The Morgan fingerprint density at radius 3 is 1.48 bits per heavy atom. The summed E-state index contributed by atoms with van der Waals surface area (Å²) < 4.78 is 26.0. The predicted molar refractivity (Wildman–Crippen MR) is 142 cm³/mol. The fraction of sp³-hybridized carbons (Fsp3) is 0.591. The molecule has 0 saturated heterocycles. The van der Waals surface area contributed by atoms with Crippen molar-refractivity contribution in [2.45, 2.75) is 76.8 Å². The van der Waals surface area contributed by atoms with Crippen LogP contribution in [0.2, 0.25) is 63.5 Å². The van der Waals surface area contributed by atoms with Crippen LogP contribution in [0.3, 0.4) is 0 Å². The van der Waals surface area contributed by atoms with Crippen LogP contribution in [0.1, 0.15) is 13.3 Å². The molecule has 0 aliphatic carbocycles. The molecule has 0 amide bonds. The fourth-order valence-corrected chi connectivity index (χ4v) is 19.9. The Kier molecular flexibility index (Phi) is 13.3. The van der Waals surface area contributed by atoms with E-state index in [4.69, 9.17) is 17.1 Å². The van der Waals surface area contributed by atoms with Crippen LogP contribution in [-0.2, 0) is 21.9 Å². The zero-order valence-electron chi connectivity index (χ0n) is 20.8. The molecular weight excluding hydrogens is 457 g/mol. The molecule has 0 heterocycles. The van der Waals surface area contributed by atoms with Gasteiger partial charge in [0.2, 0.25) is 0 Å². The first-order valence-corrected chi connectivity index (χ1v) is 22.3. The topological polar surface area (TPSA) is 54.0 Å². The Morgan fingerprint density at radius 1 is 0.774 bits per heavy atom. The van der Waals surface area contributed by atoms with E-state index in [0.29, 0.717) is 19.1 Å². The lowest BCUT2D eigenvalue weighted by atomic mass is 10.5. The van der Waals surface area contributed by atoms with Crippen LogP contribution < -0.4 is 0 Å². The van der Waals surface area contributed by atoms with Crippen LogP contribution in [0, 0.1) is 0 Å². The molecule has 0 fully saturated rings. The minimum atomic E-state index is -3.07. The molecule has 0 aromatic heterocycles. The van der Waals surface area contributed by atoms with Crippen LogP contribution in [0.4, 0.5) is 0 Å². The number of carbonyl (C=O) groups is 1. The molecule has 0 saturated carbocycles. The molecule has 0 aromatic carbocycles. The van der Waals surface area contributed by atoms with Gasteiger partial charge >= 0.3 is 14.8 Å². The number of allylic oxidation sites excluding steroid dienone is 4. The van der Waals surface area contributed by atoms with Crippen LogP contribution in [0.25, 0.3) is 0 Å². The Bertz CT molecular complexity index is 570. The van der Waals surface area contributed by atoms with E-state index >= 15 is 0 Å². The molecule has 0 rings (SSSR count). The van der Waals surface area contributed by atoms with E-state index in [0.717, 1.165) is 18.1 Å². The van der Waals surface area contributed by atoms with Crippen molar-refractivity contribution >= 4 is 39.7 Å². The fourth-order valence-electron chi connectivity index (χ4n) is 3.29. The standard InChI is InChI=1S/C22H44O5Si4/c1-11-16-22(23)24-17-15-21-31(25-28(5,6)18-12-2,26-29(7,8)19-13-3)27-30(9,10)20-14-4/h11-14,16H,2-4,15,17-21H2,1,5-10H3. The molecular formula is C22H44O5Si4. The van der Waals surface area contributed by atoms with Crippen molar-refractivity contribution in [3.05, 3.63) is 50.1 Å². The number of carbonyl (C=O) groups excluding carboxylic acids is 1. The highest BCUT2D eigenvalue weighted by molar-refractivity contribution is 6.91. The summed E-state index contributed by atoms with van der Waals surface area (Å²) in [5.74, 6) is -0.332. The second-order valence-corrected chi connectivity index (χ2v) is 25.6. The van der Waals surface area contributed by atoms with Crippen molar-refractivity contribution in [1.82, 2.24) is 0 Å². The first kappa shape index (κ1) is 30.2. The van der Waals surface area contributed by atoms with Gasteiger partial charge in [-0.1, -0.05) is 24.3 Å². The quantitative estimate of drug-likeness (QED) is 0.0735. The van der Waals surface area contributed by atoms with E-state index in [1.54, 1.807) is 13.0 Å². The number of rotatable bonds is 17. The van der Waals surface area contributed by atoms with Gasteiger partial charge in [0.25, 0.3) is 0 Å². The zero-order valence-corrected chi connectivity index (χ0v) is 24.8. The van der Waals surface area contributed by atoms with Gasteiger partial charge < -0.3 is 17.1 Å². The molecule has 0 aromatic rings. The van der Waals surface area contributed by atoms with Gasteiger partial charge in [-0.15, -0.1) is 19.7 Å². The van der Waals surface area contributed by atoms with Crippen molar-refractivity contribution < 1.29 is 21.9 Å². The monoisotopic (exact) mass is 500 g/mol. The van der Waals surface area contributed by atoms with Gasteiger partial charge in [-0.3, -0.25) is 0 Å². The smallest absolute Gasteiger partial charge is 0.463 e. The van der Waals surface area contributed by atoms with Crippen molar-refractivity contribution in [2.75, 3.05) is 6.61 Å². The summed E-state index contributed by atoms with van der Waals surface area (Å²) in [6, 6.07) is 3.07. The lowest BCUT2D eigenvalue weighted by molar-refractivity contribution is -0.137. The highest BCUT2D eigenvalue weighted by atomic mass is 28.5. The third-order valence-electron chi connectivity index (χ3n) is 4.38. The maximum absolute atomic E-state index is 11.7. The van der Waals surface area contributed by atoms with Crippen LogP contribution in [0.15, 0.2) is 50.1 Å². The molecule has 0 radical (unpaired) electrons. The molecule has 0 unspecified atom stereocenters. The first-order valence-electron chi connectivity index (χ1n) is 11.0. The molecule has 0 bridgehead atoms. The summed E-state index contributed by atoms with van der Waals surface area (Å²) in [6.07, 6.45) is 9.49. The molecule has 5 nitrogen and oxygen atoms in total. The number of hydrogen-bond donors (Lipinski definition) is 0. The van der Waals surface area contributed by atoms with E-state index in [1.807, 2.05) is 18.2 Å². The summed E-state index contributed by atoms with van der Waals surface area (Å²) in [6.45, 7) is 26.9. The number of ether oxygens (including phenoxy) is 1. The predicted octanol–water partition coefficient (Wildman–Crippen LogP) is 6.66. The number of hydrogen-bond acceptors (Lipinski definition) is 5. The van der Waals surface area contributed by atoms with Gasteiger partial charge in [-0.05, 0) is 70.8 Å². The van der Waals surface area contributed by atoms with E-state index in [1.165, 1.54) is 6.08 Å². The van der Waals surface area contributed by atoms with Gasteiger partial charge in [-0.2, -0.15) is 0 Å². The van der Waals surface area contributed by atoms with Crippen LogP contribution >= 0.6 is 0 Å². The van der Waals surface area contributed by atoms with Gasteiger partial charge in [-0.25, -0.2) is 4.79 Å². The minimum absolute atomic E-state index is 0.310. The maximum atomic E-state index is 11.7. The molecule has 0 spiro atoms. The van der Waals surface area contributed by atoms with Crippen molar-refractivity contribution in [3.63, 3.8) is 0 Å². The summed E-state index contributed by atoms with van der Waals surface area (Å²) in [5, 5.41) is 0. The van der Waals surface area contributed by atoms with E-state index in [9.17, 15) is 4.79 Å². The first-order chi connectivity index (χ1) is 14.3. The van der Waals surface area contributed by atoms with Gasteiger partial charge in [0.05, 0.1) is 6.61 Å². The molecule has 178 valence electrons. The van der Waals surface area contributed by atoms with Crippen molar-refractivity contribution in [3.8, 4) is 0 Å². The highest BCUT2D eigenvalue weighted by Crippen LogP contribution is 2.33. The Morgan fingerprint density at radius 2 is 1.16 bits per heavy atom. The van der Waals surface area contributed by atoms with Gasteiger partial charge in [0.15, 0.2) is 25.0 Å². The van der Waals surface area contributed by atoms with E-state index in [2.05, 4.69) is 59.0 Å². The molecule has 31 heavy (non-hydrogen) atoms. The lowest BCUT2D eigenvalue weighted by Gasteiger charge is -2.44. The third kappa shape index (κ3) is 13.4. The molecule has 0 N–H and O–H groups in total. The zero-order chi connectivity index (χ0) is 24.2. The third-order valence-corrected chi connectivity index (χ3v) is 19.5. The minimum Gasteiger partial charge on any atom is -0.463 e. The average molecular weight is 501 g/mol. The van der Waals surface area contributed by atoms with E-state index < -0.39 is 33.8 Å². The van der Waals surface area contributed by atoms with Gasteiger partial charge in [0.1, 0.15) is 0 Å². The SMILES string of the molecule is C=CC[Si](C)(C)O[Si](CCCOC(=O)C=CC)(O[Si](C)(C)CC=C)O[Si](C)(C)CC=C. The van der Waals surface area contributed by atoms with Gasteiger partial charge in [0, 0.05) is 12.1 Å². The maximum Gasteiger partial charge on any atom is 0.469 e. The second kappa shape index (κ2) is 13.7. The average Bonchev–Trinajstić information content (AvgIpc) is 2.57. The van der Waals surface area contributed by atoms with Crippen molar-refractivity contribution in [2.24, 2.45) is 0 Å². The molecule has 0 aliphatic rings. The largest absolute Gasteiger partial charge is 0.469 e. The Balaban J connectivity index is 5.94. The highest BCUT2D eigenvalue weighted by Gasteiger charge is 2.51. The molecule has 0 aliphatic heterocycles. The summed E-state index contributed by atoms with van der Waals surface area (Å²) in [5.41, 5.74) is 0. The van der Waals surface area contributed by atoms with Crippen molar-refractivity contribution in [1.29, 1.82) is 0 Å². The summed E-state index contributed by atoms with van der Waals surface area (Å²) >= 11 is 0. The second-order valence-electron chi connectivity index (χ2n) is 9.52. The number of esters is 1. The lowest BCUT2D eigenvalue weighted by Crippen LogP contribution is -2.61. The van der Waals surface area contributed by atoms with Crippen LogP contribution in [0.5, 0.6) is 0 Å². The molecule has 9 heteroatoms.